The van der Waals surface area contributed by atoms with E-state index >= 15 is 0 Å². The number of halogens is 1. The van der Waals surface area contributed by atoms with Crippen LogP contribution in [0.1, 0.15) is 11.3 Å². The Morgan fingerprint density at radius 3 is 2.87 bits per heavy atom. The fraction of sp³-hybridized carbons (Fsp3) is 0.143. The molecule has 0 aliphatic carbocycles. The molecule has 3 aromatic heterocycles. The Bertz CT molecular complexity index is 1150. The van der Waals surface area contributed by atoms with E-state index in [0.717, 1.165) is 11.3 Å². The van der Waals surface area contributed by atoms with E-state index in [1.54, 1.807) is 37.7 Å². The van der Waals surface area contributed by atoms with Crippen LogP contribution in [0.15, 0.2) is 70.7 Å². The van der Waals surface area contributed by atoms with Gasteiger partial charge in [0.2, 0.25) is 5.91 Å². The second-order valence-electron chi connectivity index (χ2n) is 6.51. The van der Waals surface area contributed by atoms with E-state index in [2.05, 4.69) is 20.5 Å². The summed E-state index contributed by atoms with van der Waals surface area (Å²) in [5.74, 6) is 0.835. The highest BCUT2D eigenvalue weighted by Gasteiger charge is 2.17. The molecule has 0 aliphatic rings. The zero-order chi connectivity index (χ0) is 20.9. The predicted octanol–water partition coefficient (Wildman–Crippen LogP) is 4.16. The van der Waals surface area contributed by atoms with Crippen LogP contribution in [0.5, 0.6) is 0 Å². The first-order valence-electron chi connectivity index (χ1n) is 9.15. The Kier molecular flexibility index (Phi) is 5.89. The van der Waals surface area contributed by atoms with Gasteiger partial charge in [-0.1, -0.05) is 17.8 Å². The van der Waals surface area contributed by atoms with E-state index in [1.165, 1.54) is 17.8 Å². The van der Waals surface area contributed by atoms with Gasteiger partial charge < -0.3 is 9.73 Å². The van der Waals surface area contributed by atoms with E-state index in [1.807, 2.05) is 28.8 Å². The lowest BCUT2D eigenvalue weighted by Gasteiger charge is -2.09. The number of pyridine rings is 1. The monoisotopic (exact) mass is 423 g/mol. The van der Waals surface area contributed by atoms with E-state index < -0.39 is 0 Å². The number of anilines is 1. The maximum Gasteiger partial charge on any atom is 0.234 e. The van der Waals surface area contributed by atoms with Crippen LogP contribution in [-0.2, 0) is 11.3 Å². The summed E-state index contributed by atoms with van der Waals surface area (Å²) in [6, 6.07) is 12.0. The predicted molar refractivity (Wildman–Crippen MR) is 112 cm³/mol. The van der Waals surface area contributed by atoms with E-state index in [4.69, 9.17) is 4.42 Å². The first-order chi connectivity index (χ1) is 14.6. The fourth-order valence-corrected chi connectivity index (χ4v) is 3.54. The third-order valence-electron chi connectivity index (χ3n) is 4.32. The zero-order valence-electron chi connectivity index (χ0n) is 16.1. The van der Waals surface area contributed by atoms with Crippen LogP contribution < -0.4 is 5.32 Å². The minimum atomic E-state index is -0.361. The average Bonchev–Trinajstić information content (AvgIpc) is 3.40. The second-order valence-corrected chi connectivity index (χ2v) is 7.46. The van der Waals surface area contributed by atoms with Gasteiger partial charge in [0.05, 0.1) is 18.6 Å². The molecule has 0 spiro atoms. The Balaban J connectivity index is 1.51. The molecule has 30 heavy (non-hydrogen) atoms. The molecule has 0 atom stereocenters. The molecule has 7 nitrogen and oxygen atoms in total. The first-order valence-corrected chi connectivity index (χ1v) is 10.1. The molecule has 1 N–H and O–H groups in total. The number of hydrogen-bond acceptors (Lipinski definition) is 6. The second kappa shape index (κ2) is 8.91. The SMILES string of the molecule is Cc1ccc(NC(=O)CSc2nnc(-c3cccnc3)n2Cc2ccco2)cc1F. The number of hydrogen-bond donors (Lipinski definition) is 1. The molecule has 3 heterocycles. The molecule has 0 saturated carbocycles. The molecule has 152 valence electrons. The van der Waals surface area contributed by atoms with Gasteiger partial charge in [-0.25, -0.2) is 4.39 Å². The molecule has 4 aromatic rings. The number of rotatable bonds is 7. The quantitative estimate of drug-likeness (QED) is 0.449. The van der Waals surface area contributed by atoms with Crippen molar-refractivity contribution < 1.29 is 13.6 Å². The zero-order valence-corrected chi connectivity index (χ0v) is 16.9. The van der Waals surface area contributed by atoms with Crippen molar-refractivity contribution in [3.05, 3.63) is 78.3 Å². The number of nitrogens with one attached hydrogen (secondary N) is 1. The Hall–Kier alpha value is -3.46. The largest absolute Gasteiger partial charge is 0.467 e. The lowest BCUT2D eigenvalue weighted by molar-refractivity contribution is -0.113. The Labute approximate surface area is 176 Å². The van der Waals surface area contributed by atoms with Crippen LogP contribution in [0.25, 0.3) is 11.4 Å². The minimum absolute atomic E-state index is 0.0961. The number of aryl methyl sites for hydroxylation is 1. The Morgan fingerprint density at radius 1 is 1.23 bits per heavy atom. The van der Waals surface area contributed by atoms with Gasteiger partial charge in [-0.05, 0) is 48.9 Å². The van der Waals surface area contributed by atoms with Crippen LogP contribution >= 0.6 is 11.8 Å². The number of furan rings is 1. The van der Waals surface area contributed by atoms with Crippen molar-refractivity contribution in [2.45, 2.75) is 18.6 Å². The highest BCUT2D eigenvalue weighted by Crippen LogP contribution is 2.25. The summed E-state index contributed by atoms with van der Waals surface area (Å²) in [6.07, 6.45) is 4.99. The third kappa shape index (κ3) is 4.57. The van der Waals surface area contributed by atoms with Crippen molar-refractivity contribution in [3.8, 4) is 11.4 Å². The summed E-state index contributed by atoms with van der Waals surface area (Å²) in [6.45, 7) is 2.08. The topological polar surface area (TPSA) is 85.8 Å². The lowest BCUT2D eigenvalue weighted by atomic mass is 10.2. The van der Waals surface area contributed by atoms with Gasteiger partial charge in [-0.15, -0.1) is 10.2 Å². The van der Waals surface area contributed by atoms with E-state index in [0.29, 0.717) is 28.8 Å². The van der Waals surface area contributed by atoms with Crippen LogP contribution in [-0.4, -0.2) is 31.4 Å². The summed E-state index contributed by atoms with van der Waals surface area (Å²) < 4.78 is 21.0. The summed E-state index contributed by atoms with van der Waals surface area (Å²) >= 11 is 1.24. The number of amides is 1. The van der Waals surface area contributed by atoms with Gasteiger partial charge in [-0.2, -0.15) is 0 Å². The van der Waals surface area contributed by atoms with Crippen LogP contribution in [0.3, 0.4) is 0 Å². The average molecular weight is 423 g/mol. The number of carbonyl (C=O) groups is 1. The summed E-state index contributed by atoms with van der Waals surface area (Å²) in [5, 5.41) is 11.8. The Morgan fingerprint density at radius 2 is 2.13 bits per heavy atom. The van der Waals surface area contributed by atoms with Gasteiger partial charge in [-0.3, -0.25) is 14.3 Å². The lowest BCUT2D eigenvalue weighted by Crippen LogP contribution is -2.15. The number of benzene rings is 1. The molecule has 1 aromatic carbocycles. The normalized spacial score (nSPS) is 10.9. The smallest absolute Gasteiger partial charge is 0.234 e. The van der Waals surface area contributed by atoms with Crippen molar-refractivity contribution >= 4 is 23.4 Å². The van der Waals surface area contributed by atoms with E-state index in [-0.39, 0.29) is 17.5 Å². The molecule has 1 amide bonds. The number of aromatic nitrogens is 4. The third-order valence-corrected chi connectivity index (χ3v) is 5.29. The molecule has 0 bridgehead atoms. The molecule has 4 rings (SSSR count). The molecular weight excluding hydrogens is 405 g/mol. The van der Waals surface area contributed by atoms with Crippen molar-refractivity contribution in [3.63, 3.8) is 0 Å². The molecule has 0 radical (unpaired) electrons. The van der Waals surface area contributed by atoms with Gasteiger partial charge in [0.15, 0.2) is 11.0 Å². The maximum atomic E-state index is 13.7. The van der Waals surface area contributed by atoms with Crippen molar-refractivity contribution in [1.29, 1.82) is 0 Å². The highest BCUT2D eigenvalue weighted by atomic mass is 32.2. The molecular formula is C21H18FN5O2S. The first kappa shape index (κ1) is 19.8. The van der Waals surface area contributed by atoms with Crippen LogP contribution in [0, 0.1) is 12.7 Å². The number of carbonyl (C=O) groups excluding carboxylic acids is 1. The summed E-state index contributed by atoms with van der Waals surface area (Å²) in [5.41, 5.74) is 1.75. The highest BCUT2D eigenvalue weighted by molar-refractivity contribution is 7.99. The molecule has 0 aliphatic heterocycles. The van der Waals surface area contributed by atoms with Gasteiger partial charge in [0.1, 0.15) is 11.6 Å². The van der Waals surface area contributed by atoms with E-state index in [9.17, 15) is 9.18 Å². The van der Waals surface area contributed by atoms with Crippen molar-refractivity contribution in [2.24, 2.45) is 0 Å². The molecule has 0 fully saturated rings. The standard InChI is InChI=1S/C21H18FN5O2S/c1-14-6-7-16(10-18(14)22)24-19(28)13-30-21-26-25-20(15-4-2-8-23-11-15)27(21)12-17-5-3-9-29-17/h2-11H,12-13H2,1H3,(H,24,28). The van der Waals surface area contributed by atoms with Gasteiger partial charge in [0.25, 0.3) is 0 Å². The van der Waals surface area contributed by atoms with Crippen LogP contribution in [0.4, 0.5) is 10.1 Å². The summed E-state index contributed by atoms with van der Waals surface area (Å²) in [7, 11) is 0. The number of nitrogens with zero attached hydrogens (tertiary/aromatic N) is 4. The summed E-state index contributed by atoms with van der Waals surface area (Å²) in [4.78, 5) is 16.5. The maximum absolute atomic E-state index is 13.7. The fourth-order valence-electron chi connectivity index (χ4n) is 2.80. The van der Waals surface area contributed by atoms with Crippen molar-refractivity contribution in [1.82, 2.24) is 19.7 Å². The van der Waals surface area contributed by atoms with Crippen LogP contribution in [0.2, 0.25) is 0 Å². The number of thioether (sulfide) groups is 1. The van der Waals surface area contributed by atoms with Crippen molar-refractivity contribution in [2.75, 3.05) is 11.1 Å². The van der Waals surface area contributed by atoms with Gasteiger partial charge in [0, 0.05) is 23.6 Å². The molecule has 0 unspecified atom stereocenters. The molecule has 9 heteroatoms. The van der Waals surface area contributed by atoms with Gasteiger partial charge >= 0.3 is 0 Å². The minimum Gasteiger partial charge on any atom is -0.467 e. The molecule has 0 saturated heterocycles.